The molecular formula is C19H29N3O4S. The Hall–Kier alpha value is -2.09. The number of rotatable bonds is 7. The van der Waals surface area contributed by atoms with Gasteiger partial charge in [-0.15, -0.1) is 0 Å². The Bertz CT molecular complexity index is 773. The van der Waals surface area contributed by atoms with Gasteiger partial charge in [0.2, 0.25) is 11.8 Å². The van der Waals surface area contributed by atoms with Crippen LogP contribution >= 0.6 is 0 Å². The van der Waals surface area contributed by atoms with Crippen LogP contribution in [0.5, 0.6) is 0 Å². The molecule has 1 aromatic rings. The molecule has 2 amide bonds. The zero-order valence-corrected chi connectivity index (χ0v) is 17.3. The van der Waals surface area contributed by atoms with E-state index in [0.717, 1.165) is 18.8 Å². The van der Waals surface area contributed by atoms with Crippen LogP contribution in [0.4, 0.5) is 11.4 Å². The third-order valence-corrected chi connectivity index (χ3v) is 6.86. The summed E-state index contributed by atoms with van der Waals surface area (Å²) in [6, 6.07) is 7.23. The second-order valence-corrected chi connectivity index (χ2v) is 9.08. The van der Waals surface area contributed by atoms with Gasteiger partial charge in [-0.25, -0.2) is 8.42 Å². The fourth-order valence-corrected chi connectivity index (χ4v) is 5.12. The molecule has 7 nitrogen and oxygen atoms in total. The third kappa shape index (κ3) is 5.22. The minimum Gasteiger partial charge on any atom is -0.372 e. The summed E-state index contributed by atoms with van der Waals surface area (Å²) in [5.74, 6) is -0.390. The molecule has 0 aliphatic carbocycles. The van der Waals surface area contributed by atoms with Crippen molar-refractivity contribution in [3.05, 3.63) is 24.3 Å². The van der Waals surface area contributed by atoms with Crippen molar-refractivity contribution < 1.29 is 18.0 Å². The average Bonchev–Trinajstić information content (AvgIpc) is 3.00. The van der Waals surface area contributed by atoms with E-state index in [1.165, 1.54) is 16.7 Å². The third-order valence-electron chi connectivity index (χ3n) is 5.11. The molecule has 1 atom stereocenters. The van der Waals surface area contributed by atoms with Crippen LogP contribution in [-0.4, -0.2) is 69.4 Å². The van der Waals surface area contributed by atoms with E-state index in [9.17, 15) is 18.0 Å². The number of anilines is 2. The molecule has 1 aliphatic rings. The number of likely N-dealkylation sites (N-methyl/N-ethyl adjacent to an activating group) is 1. The summed E-state index contributed by atoms with van der Waals surface area (Å²) in [6.45, 7) is 7.26. The van der Waals surface area contributed by atoms with Gasteiger partial charge < -0.3 is 14.7 Å². The summed E-state index contributed by atoms with van der Waals surface area (Å²) in [4.78, 5) is 29.8. The molecule has 27 heavy (non-hydrogen) atoms. The molecule has 150 valence electrons. The fourth-order valence-electron chi connectivity index (χ4n) is 3.35. The summed E-state index contributed by atoms with van der Waals surface area (Å²) in [5.41, 5.74) is 1.71. The molecule has 0 radical (unpaired) electrons. The smallest absolute Gasteiger partial charge is 0.242 e. The van der Waals surface area contributed by atoms with Crippen LogP contribution in [0.3, 0.4) is 0 Å². The topological polar surface area (TPSA) is 78.0 Å². The molecule has 0 aromatic heterocycles. The lowest BCUT2D eigenvalue weighted by atomic mass is 10.2. The lowest BCUT2D eigenvalue weighted by Crippen LogP contribution is -2.45. The van der Waals surface area contributed by atoms with E-state index >= 15 is 0 Å². The number of hydrogen-bond acceptors (Lipinski definition) is 5. The summed E-state index contributed by atoms with van der Waals surface area (Å²) in [6.07, 6.45) is 0.448. The maximum Gasteiger partial charge on any atom is 0.242 e. The van der Waals surface area contributed by atoms with Crippen molar-refractivity contribution in [3.8, 4) is 0 Å². The first-order chi connectivity index (χ1) is 12.7. The first kappa shape index (κ1) is 21.2. The van der Waals surface area contributed by atoms with Crippen LogP contribution < -0.4 is 9.80 Å². The van der Waals surface area contributed by atoms with Gasteiger partial charge in [-0.3, -0.25) is 9.59 Å². The predicted molar refractivity (Wildman–Crippen MR) is 108 cm³/mol. The van der Waals surface area contributed by atoms with Crippen molar-refractivity contribution >= 4 is 33.0 Å². The standard InChI is InChI=1S/C19H29N3O4S/c1-5-21(6-2)16-7-9-17(10-8-16)22(15(3)23)13-19(24)20(4)18-11-12-27(25,26)14-18/h7-10,18H,5-6,11-14H2,1-4H3. The Morgan fingerprint density at radius 3 is 2.07 bits per heavy atom. The number of sulfone groups is 1. The van der Waals surface area contributed by atoms with Crippen molar-refractivity contribution in [2.45, 2.75) is 33.2 Å². The molecule has 1 aliphatic heterocycles. The molecule has 0 bridgehead atoms. The lowest BCUT2D eigenvalue weighted by Gasteiger charge is -2.28. The summed E-state index contributed by atoms with van der Waals surface area (Å²) < 4.78 is 23.3. The minimum atomic E-state index is -3.07. The molecule has 0 saturated carbocycles. The zero-order chi connectivity index (χ0) is 20.2. The normalized spacial score (nSPS) is 18.1. The van der Waals surface area contributed by atoms with Crippen LogP contribution in [0.25, 0.3) is 0 Å². The second-order valence-electron chi connectivity index (χ2n) is 6.86. The van der Waals surface area contributed by atoms with Crippen LogP contribution in [0.15, 0.2) is 24.3 Å². The predicted octanol–water partition coefficient (Wildman–Crippen LogP) is 1.53. The Morgan fingerprint density at radius 2 is 1.63 bits per heavy atom. The summed E-state index contributed by atoms with van der Waals surface area (Å²) >= 11 is 0. The number of amides is 2. The highest BCUT2D eigenvalue weighted by molar-refractivity contribution is 7.91. The van der Waals surface area contributed by atoms with Gasteiger partial charge in [-0.05, 0) is 44.5 Å². The van der Waals surface area contributed by atoms with Gasteiger partial charge in [-0.1, -0.05) is 0 Å². The Balaban J connectivity index is 2.11. The first-order valence-electron chi connectivity index (χ1n) is 9.27. The Morgan fingerprint density at radius 1 is 1.07 bits per heavy atom. The van der Waals surface area contributed by atoms with Crippen molar-refractivity contribution in [1.82, 2.24) is 4.90 Å². The van der Waals surface area contributed by atoms with Gasteiger partial charge in [-0.2, -0.15) is 0 Å². The van der Waals surface area contributed by atoms with E-state index in [1.807, 2.05) is 24.3 Å². The van der Waals surface area contributed by atoms with Crippen molar-refractivity contribution in [3.63, 3.8) is 0 Å². The van der Waals surface area contributed by atoms with Gasteiger partial charge in [0.1, 0.15) is 6.54 Å². The van der Waals surface area contributed by atoms with Crippen LogP contribution in [-0.2, 0) is 19.4 Å². The van der Waals surface area contributed by atoms with E-state index in [-0.39, 0.29) is 35.9 Å². The quantitative estimate of drug-likeness (QED) is 0.700. The van der Waals surface area contributed by atoms with E-state index in [0.29, 0.717) is 12.1 Å². The highest BCUT2D eigenvalue weighted by atomic mass is 32.2. The maximum atomic E-state index is 12.6. The number of hydrogen-bond donors (Lipinski definition) is 0. The highest BCUT2D eigenvalue weighted by Crippen LogP contribution is 2.22. The average molecular weight is 396 g/mol. The summed E-state index contributed by atoms with van der Waals surface area (Å²) in [5, 5.41) is 0. The van der Waals surface area contributed by atoms with Gasteiger partial charge in [0, 0.05) is 44.5 Å². The molecule has 1 unspecified atom stereocenters. The SMILES string of the molecule is CCN(CC)c1ccc(N(CC(=O)N(C)C2CCS(=O)(=O)C2)C(C)=O)cc1. The van der Waals surface area contributed by atoms with Gasteiger partial charge in [0.25, 0.3) is 0 Å². The molecule has 1 fully saturated rings. The fraction of sp³-hybridized carbons (Fsp3) is 0.579. The molecule has 1 aromatic carbocycles. The van der Waals surface area contributed by atoms with Gasteiger partial charge >= 0.3 is 0 Å². The van der Waals surface area contributed by atoms with Crippen LogP contribution in [0.2, 0.25) is 0 Å². The number of carbonyl (C=O) groups excluding carboxylic acids is 2. The minimum absolute atomic E-state index is 0.00607. The van der Waals surface area contributed by atoms with E-state index < -0.39 is 9.84 Å². The lowest BCUT2D eigenvalue weighted by molar-refractivity contribution is -0.131. The van der Waals surface area contributed by atoms with E-state index in [2.05, 4.69) is 18.7 Å². The Kier molecular flexibility index (Phi) is 6.86. The van der Waals surface area contributed by atoms with Gasteiger partial charge in [0.05, 0.1) is 11.5 Å². The van der Waals surface area contributed by atoms with E-state index in [1.54, 1.807) is 7.05 Å². The largest absolute Gasteiger partial charge is 0.372 e. The molecule has 0 N–H and O–H groups in total. The zero-order valence-electron chi connectivity index (χ0n) is 16.5. The van der Waals surface area contributed by atoms with Crippen LogP contribution in [0, 0.1) is 0 Å². The molecule has 1 saturated heterocycles. The van der Waals surface area contributed by atoms with Crippen molar-refractivity contribution in [1.29, 1.82) is 0 Å². The molecule has 0 spiro atoms. The number of carbonyl (C=O) groups is 2. The Labute approximate surface area is 161 Å². The molecule has 8 heteroatoms. The highest BCUT2D eigenvalue weighted by Gasteiger charge is 2.33. The van der Waals surface area contributed by atoms with Gasteiger partial charge in [0.15, 0.2) is 9.84 Å². The number of nitrogens with zero attached hydrogens (tertiary/aromatic N) is 3. The molecule has 1 heterocycles. The maximum absolute atomic E-state index is 12.6. The molecule has 2 rings (SSSR count). The van der Waals surface area contributed by atoms with Crippen molar-refractivity contribution in [2.24, 2.45) is 0 Å². The second kappa shape index (κ2) is 8.73. The monoisotopic (exact) mass is 395 g/mol. The number of benzene rings is 1. The van der Waals surface area contributed by atoms with Crippen LogP contribution in [0.1, 0.15) is 27.2 Å². The van der Waals surface area contributed by atoms with E-state index in [4.69, 9.17) is 0 Å². The van der Waals surface area contributed by atoms with Crippen molar-refractivity contribution in [2.75, 3.05) is 48.0 Å². The first-order valence-corrected chi connectivity index (χ1v) is 11.1. The molecular weight excluding hydrogens is 366 g/mol. The summed E-state index contributed by atoms with van der Waals surface area (Å²) in [7, 11) is -1.46.